The van der Waals surface area contributed by atoms with Gasteiger partial charge in [-0.2, -0.15) is 0 Å². The van der Waals surface area contributed by atoms with E-state index in [0.717, 1.165) is 11.8 Å². The lowest BCUT2D eigenvalue weighted by Crippen LogP contribution is -2.27. The summed E-state index contributed by atoms with van der Waals surface area (Å²) in [5.41, 5.74) is 0.570. The fraction of sp³-hybridized carbons (Fsp3) is 0.0588. The van der Waals surface area contributed by atoms with Gasteiger partial charge in [0.05, 0.1) is 22.6 Å². The third kappa shape index (κ3) is 3.44. The average Bonchev–Trinajstić information content (AvgIpc) is 2.88. The highest BCUT2D eigenvalue weighted by atomic mass is 32.2. The van der Waals surface area contributed by atoms with Gasteiger partial charge in [-0.3, -0.25) is 19.8 Å². The second-order valence-electron chi connectivity index (χ2n) is 5.18. The van der Waals surface area contributed by atoms with E-state index >= 15 is 0 Å². The van der Waals surface area contributed by atoms with E-state index in [1.165, 1.54) is 54.5 Å². The van der Waals surface area contributed by atoms with Gasteiger partial charge in [0.15, 0.2) is 4.32 Å². The van der Waals surface area contributed by atoms with E-state index < -0.39 is 16.6 Å². The molecule has 0 aromatic heterocycles. The minimum Gasteiger partial charge on any atom is -0.496 e. The minimum absolute atomic E-state index is 0.127. The van der Waals surface area contributed by atoms with Crippen LogP contribution < -0.4 is 9.64 Å². The Hall–Kier alpha value is -2.78. The molecular weight excluding hydrogens is 379 g/mol. The number of nitro groups is 1. The number of methoxy groups -OCH3 is 1. The monoisotopic (exact) mass is 390 g/mol. The lowest BCUT2D eigenvalue weighted by molar-refractivity contribution is -0.384. The Morgan fingerprint density at radius 1 is 1.31 bits per heavy atom. The highest BCUT2D eigenvalue weighted by Crippen LogP contribution is 2.37. The van der Waals surface area contributed by atoms with Gasteiger partial charge in [0, 0.05) is 17.7 Å². The van der Waals surface area contributed by atoms with Crippen molar-refractivity contribution in [2.24, 2.45) is 0 Å². The van der Waals surface area contributed by atoms with Gasteiger partial charge in [0.2, 0.25) is 0 Å². The van der Waals surface area contributed by atoms with Gasteiger partial charge < -0.3 is 4.74 Å². The molecule has 6 nitrogen and oxygen atoms in total. The molecule has 0 unspecified atom stereocenters. The van der Waals surface area contributed by atoms with Gasteiger partial charge >= 0.3 is 0 Å². The quantitative estimate of drug-likeness (QED) is 0.338. The molecule has 2 aromatic rings. The molecule has 26 heavy (non-hydrogen) atoms. The van der Waals surface area contributed by atoms with Crippen LogP contribution in [0.4, 0.5) is 15.8 Å². The standard InChI is InChI=1S/C17H11FN2O4S2/c1-24-14-6-5-13(20(22)23)7-10(14)8-15-16(21)19(17(25)26-15)12-4-2-3-11(18)9-12/h2-9H,1H3/b15-8-. The lowest BCUT2D eigenvalue weighted by atomic mass is 10.1. The lowest BCUT2D eigenvalue weighted by Gasteiger charge is -2.14. The fourth-order valence-electron chi connectivity index (χ4n) is 2.39. The fourth-order valence-corrected chi connectivity index (χ4v) is 3.68. The molecule has 0 atom stereocenters. The second-order valence-corrected chi connectivity index (χ2v) is 6.86. The molecule has 0 bridgehead atoms. The van der Waals surface area contributed by atoms with E-state index in [2.05, 4.69) is 0 Å². The Kier molecular flexibility index (Phi) is 5.01. The zero-order chi connectivity index (χ0) is 18.8. The molecule has 1 aliphatic rings. The van der Waals surface area contributed by atoms with Crippen molar-refractivity contribution in [2.45, 2.75) is 0 Å². The zero-order valence-corrected chi connectivity index (χ0v) is 15.0. The number of carbonyl (C=O) groups excluding carboxylic acids is 1. The highest BCUT2D eigenvalue weighted by Gasteiger charge is 2.33. The van der Waals surface area contributed by atoms with Crippen molar-refractivity contribution in [3.63, 3.8) is 0 Å². The van der Waals surface area contributed by atoms with Crippen LogP contribution >= 0.6 is 24.0 Å². The van der Waals surface area contributed by atoms with E-state index in [1.807, 2.05) is 0 Å². The maximum atomic E-state index is 13.5. The van der Waals surface area contributed by atoms with Crippen LogP contribution in [0.2, 0.25) is 0 Å². The van der Waals surface area contributed by atoms with Crippen molar-refractivity contribution < 1.29 is 18.8 Å². The van der Waals surface area contributed by atoms with Gasteiger partial charge in [-0.15, -0.1) is 0 Å². The predicted octanol–water partition coefficient (Wildman–Crippen LogP) is 4.15. The SMILES string of the molecule is COc1ccc([N+](=O)[O-])cc1/C=C1\SC(=S)N(c2cccc(F)c2)C1=O. The molecule has 0 saturated carbocycles. The van der Waals surface area contributed by atoms with Crippen LogP contribution in [-0.2, 0) is 4.79 Å². The van der Waals surface area contributed by atoms with Crippen LogP contribution in [0.25, 0.3) is 6.08 Å². The molecule has 0 aliphatic carbocycles. The Morgan fingerprint density at radius 3 is 2.73 bits per heavy atom. The van der Waals surface area contributed by atoms with Crippen molar-refractivity contribution in [3.05, 3.63) is 68.9 Å². The van der Waals surface area contributed by atoms with Crippen molar-refractivity contribution in [1.29, 1.82) is 0 Å². The Bertz CT molecular complexity index is 962. The van der Waals surface area contributed by atoms with Crippen molar-refractivity contribution in [2.75, 3.05) is 12.0 Å². The van der Waals surface area contributed by atoms with Gasteiger partial charge in [0.25, 0.3) is 11.6 Å². The first-order valence-corrected chi connectivity index (χ1v) is 8.49. The number of anilines is 1. The molecule has 1 saturated heterocycles. The number of halogens is 1. The van der Waals surface area contributed by atoms with Gasteiger partial charge in [-0.05, 0) is 30.3 Å². The second kappa shape index (κ2) is 7.22. The predicted molar refractivity (Wildman–Crippen MR) is 102 cm³/mol. The van der Waals surface area contributed by atoms with E-state index in [4.69, 9.17) is 17.0 Å². The van der Waals surface area contributed by atoms with Crippen molar-refractivity contribution >= 4 is 51.7 Å². The first kappa shape index (κ1) is 18.0. The van der Waals surface area contributed by atoms with Crippen LogP contribution in [0.5, 0.6) is 5.75 Å². The number of hydrogen-bond acceptors (Lipinski definition) is 6. The van der Waals surface area contributed by atoms with E-state index in [1.54, 1.807) is 6.07 Å². The number of nitro benzene ring substituents is 1. The molecule has 0 radical (unpaired) electrons. The summed E-state index contributed by atoms with van der Waals surface area (Å²) in [6, 6.07) is 9.62. The molecule has 132 valence electrons. The summed E-state index contributed by atoms with van der Waals surface area (Å²) in [4.78, 5) is 24.6. The number of benzene rings is 2. The Balaban J connectivity index is 2.00. The summed E-state index contributed by atoms with van der Waals surface area (Å²) in [5, 5.41) is 11.0. The summed E-state index contributed by atoms with van der Waals surface area (Å²) in [6.45, 7) is 0. The first-order chi connectivity index (χ1) is 12.4. The van der Waals surface area contributed by atoms with Gasteiger partial charge in [0.1, 0.15) is 11.6 Å². The topological polar surface area (TPSA) is 72.7 Å². The van der Waals surface area contributed by atoms with Crippen LogP contribution in [0.3, 0.4) is 0 Å². The number of ether oxygens (including phenoxy) is 1. The highest BCUT2D eigenvalue weighted by molar-refractivity contribution is 8.27. The number of hydrogen-bond donors (Lipinski definition) is 0. The number of non-ortho nitro benzene ring substituents is 1. The molecule has 3 rings (SSSR count). The third-order valence-corrected chi connectivity index (χ3v) is 4.87. The number of thioether (sulfide) groups is 1. The van der Waals surface area contributed by atoms with E-state index in [0.29, 0.717) is 17.0 Å². The van der Waals surface area contributed by atoms with Crippen molar-refractivity contribution in [1.82, 2.24) is 0 Å². The largest absolute Gasteiger partial charge is 0.496 e. The molecule has 9 heteroatoms. The molecule has 0 spiro atoms. The number of thiocarbonyl (C=S) groups is 1. The summed E-state index contributed by atoms with van der Waals surface area (Å²) < 4.78 is 18.9. The third-order valence-electron chi connectivity index (χ3n) is 3.57. The van der Waals surface area contributed by atoms with Gasteiger partial charge in [-0.25, -0.2) is 4.39 Å². The van der Waals surface area contributed by atoms with Crippen LogP contribution in [-0.4, -0.2) is 22.3 Å². The Morgan fingerprint density at radius 2 is 2.08 bits per heavy atom. The van der Waals surface area contributed by atoms with Crippen LogP contribution in [0, 0.1) is 15.9 Å². The van der Waals surface area contributed by atoms with Crippen molar-refractivity contribution in [3.8, 4) is 5.75 Å². The maximum Gasteiger partial charge on any atom is 0.270 e. The van der Waals surface area contributed by atoms with Crippen LogP contribution in [0.15, 0.2) is 47.4 Å². The summed E-state index contributed by atoms with van der Waals surface area (Å²) in [7, 11) is 1.43. The average molecular weight is 390 g/mol. The number of carbonyl (C=O) groups is 1. The number of rotatable bonds is 4. The summed E-state index contributed by atoms with van der Waals surface area (Å²) >= 11 is 6.26. The van der Waals surface area contributed by atoms with Gasteiger partial charge in [-0.1, -0.05) is 30.0 Å². The molecule has 1 amide bonds. The normalized spacial score (nSPS) is 15.6. The first-order valence-electron chi connectivity index (χ1n) is 7.26. The van der Waals surface area contributed by atoms with E-state index in [9.17, 15) is 19.3 Å². The molecule has 0 N–H and O–H groups in total. The molecule has 1 fully saturated rings. The molecular formula is C17H11FN2O4S2. The van der Waals surface area contributed by atoms with E-state index in [-0.39, 0.29) is 14.9 Å². The number of nitrogens with zero attached hydrogens (tertiary/aromatic N) is 2. The molecule has 1 aliphatic heterocycles. The molecule has 1 heterocycles. The Labute approximate surface area is 157 Å². The summed E-state index contributed by atoms with van der Waals surface area (Å²) in [5.74, 6) is -0.535. The molecule has 2 aromatic carbocycles. The summed E-state index contributed by atoms with van der Waals surface area (Å²) in [6.07, 6.45) is 1.48. The smallest absolute Gasteiger partial charge is 0.270 e. The zero-order valence-electron chi connectivity index (χ0n) is 13.3. The minimum atomic E-state index is -0.533. The maximum absolute atomic E-state index is 13.5. The van der Waals surface area contributed by atoms with Crippen LogP contribution in [0.1, 0.15) is 5.56 Å². The number of amides is 1.